The van der Waals surface area contributed by atoms with Crippen molar-refractivity contribution in [1.29, 1.82) is 0 Å². The van der Waals surface area contributed by atoms with Crippen molar-refractivity contribution in [2.45, 2.75) is 56.1 Å². The molecule has 0 radical (unpaired) electrons. The molecule has 0 aliphatic carbocycles. The molecule has 4 atom stereocenters. The van der Waals surface area contributed by atoms with Crippen molar-refractivity contribution < 1.29 is 39.1 Å². The fourth-order valence-electron chi connectivity index (χ4n) is 3.59. The molecule has 2 amide bonds. The number of fused-ring (bicyclic) bond motifs is 5. The van der Waals surface area contributed by atoms with Gasteiger partial charge in [-0.3, -0.25) is 9.59 Å². The molecule has 0 saturated carbocycles. The monoisotopic (exact) mass is 372 g/mol. The van der Waals surface area contributed by atoms with Crippen LogP contribution in [0.25, 0.3) is 0 Å². The number of hydrogen-bond acceptors (Lipinski definition) is 8. The quantitative estimate of drug-likeness (QED) is 0.353. The van der Waals surface area contributed by atoms with Crippen LogP contribution in [0.4, 0.5) is 0 Å². The Morgan fingerprint density at radius 2 is 1.88 bits per heavy atom. The summed E-state index contributed by atoms with van der Waals surface area (Å²) in [5, 5.41) is 35.2. The van der Waals surface area contributed by atoms with Crippen LogP contribution >= 0.6 is 0 Å². The van der Waals surface area contributed by atoms with Gasteiger partial charge in [0.1, 0.15) is 11.7 Å². The van der Waals surface area contributed by atoms with Gasteiger partial charge >= 0.3 is 0 Å². The second-order valence-electron chi connectivity index (χ2n) is 7.37. The summed E-state index contributed by atoms with van der Waals surface area (Å²) in [5.41, 5.74) is -5.71. The molecule has 0 aromatic heterocycles. The molecule has 4 saturated heterocycles. The summed E-state index contributed by atoms with van der Waals surface area (Å²) in [7, 11) is 0. The van der Waals surface area contributed by atoms with Crippen LogP contribution in [0.1, 0.15) is 27.2 Å². The molecule has 0 aromatic carbocycles. The minimum absolute atomic E-state index is 0.0324. The van der Waals surface area contributed by atoms with Crippen LogP contribution in [0, 0.1) is 0 Å². The van der Waals surface area contributed by atoms with Gasteiger partial charge in [0, 0.05) is 0 Å². The number of piperazine rings is 1. The Kier molecular flexibility index (Phi) is 4.42. The van der Waals surface area contributed by atoms with Crippen LogP contribution in [-0.2, 0) is 23.8 Å². The molecular weight excluding hydrogens is 348 g/mol. The third kappa shape index (κ3) is 2.73. The molecule has 4 heterocycles. The third-order valence-corrected chi connectivity index (χ3v) is 4.91. The molecule has 26 heavy (non-hydrogen) atoms. The summed E-state index contributed by atoms with van der Waals surface area (Å²) in [5.74, 6) is -2.89. The Bertz CT molecular complexity index is 665. The average molecular weight is 372 g/mol. The molecule has 0 aromatic rings. The summed E-state index contributed by atoms with van der Waals surface area (Å²) in [4.78, 5) is 25.4. The highest BCUT2D eigenvalue weighted by Crippen LogP contribution is 2.40. The lowest BCUT2D eigenvalue weighted by Gasteiger charge is -2.50. The van der Waals surface area contributed by atoms with E-state index in [4.69, 9.17) is 19.3 Å². The zero-order valence-electron chi connectivity index (χ0n) is 14.9. The second-order valence-corrected chi connectivity index (χ2v) is 7.37. The second kappa shape index (κ2) is 5.98. The van der Waals surface area contributed by atoms with Gasteiger partial charge in [-0.1, -0.05) is 6.08 Å². The van der Waals surface area contributed by atoms with Crippen LogP contribution in [0.2, 0.25) is 0 Å². The Morgan fingerprint density at radius 3 is 2.46 bits per heavy atom. The molecule has 4 rings (SSSR count). The number of amides is 2. The van der Waals surface area contributed by atoms with Gasteiger partial charge in [0.15, 0.2) is 5.79 Å². The first kappa shape index (κ1) is 19.2. The lowest BCUT2D eigenvalue weighted by Crippen LogP contribution is -2.82. The molecule has 0 unspecified atom stereocenters. The van der Waals surface area contributed by atoms with E-state index < -0.39 is 47.4 Å². The molecule has 0 spiro atoms. The summed E-state index contributed by atoms with van der Waals surface area (Å²) >= 11 is 0. The Morgan fingerprint density at radius 1 is 1.19 bits per heavy atom. The van der Waals surface area contributed by atoms with Crippen molar-refractivity contribution in [1.82, 2.24) is 10.6 Å². The molecule has 146 valence electrons. The van der Waals surface area contributed by atoms with E-state index in [0.717, 1.165) is 0 Å². The first-order valence-electron chi connectivity index (χ1n) is 8.33. The molecule has 4 fully saturated rings. The minimum atomic E-state index is -2.32. The average Bonchev–Trinajstić information content (AvgIpc) is 2.84. The minimum Gasteiger partial charge on any atom is -0.392 e. The molecular formula is C16H24N2O8. The molecule has 10 heteroatoms. The highest BCUT2D eigenvalue weighted by atomic mass is 16.8. The van der Waals surface area contributed by atoms with Gasteiger partial charge in [-0.05, 0) is 32.8 Å². The fraction of sp³-hybridized carbons (Fsp3) is 0.750. The van der Waals surface area contributed by atoms with Gasteiger partial charge < -0.3 is 40.2 Å². The highest BCUT2D eigenvalue weighted by molar-refractivity contribution is 6.03. The van der Waals surface area contributed by atoms with E-state index in [0.29, 0.717) is 0 Å². The predicted molar refractivity (Wildman–Crippen MR) is 85.2 cm³/mol. The smallest absolute Gasteiger partial charge is 0.280 e. The van der Waals surface area contributed by atoms with Crippen molar-refractivity contribution >= 4 is 11.8 Å². The number of aliphatic hydroxyl groups is 3. The van der Waals surface area contributed by atoms with Gasteiger partial charge in [0.2, 0.25) is 5.72 Å². The van der Waals surface area contributed by atoms with Crippen molar-refractivity contribution in [2.75, 3.05) is 19.8 Å². The van der Waals surface area contributed by atoms with Gasteiger partial charge in [-0.2, -0.15) is 0 Å². The van der Waals surface area contributed by atoms with Crippen LogP contribution in [0.15, 0.2) is 11.6 Å². The van der Waals surface area contributed by atoms with E-state index in [1.54, 1.807) is 20.8 Å². The lowest BCUT2D eigenvalue weighted by molar-refractivity contribution is -0.240. The van der Waals surface area contributed by atoms with Crippen LogP contribution in [-0.4, -0.2) is 75.9 Å². The Hall–Kier alpha value is -1.56. The number of ether oxygens (including phenoxy) is 3. The van der Waals surface area contributed by atoms with Gasteiger partial charge in [-0.15, -0.1) is 0 Å². The predicted octanol–water partition coefficient (Wildman–Crippen LogP) is -2.14. The van der Waals surface area contributed by atoms with Crippen molar-refractivity contribution in [3.63, 3.8) is 0 Å². The molecule has 4 aliphatic rings. The third-order valence-electron chi connectivity index (χ3n) is 4.91. The van der Waals surface area contributed by atoms with Crippen molar-refractivity contribution in [2.24, 2.45) is 0 Å². The molecule has 10 nitrogen and oxygen atoms in total. The summed E-state index contributed by atoms with van der Waals surface area (Å²) in [6.45, 7) is 4.32. The van der Waals surface area contributed by atoms with Crippen LogP contribution in [0.3, 0.4) is 0 Å². The SMILES string of the molecule is CC1(C)OC[C@@](C)([C@@H](O)[C@@]23NC(=O)[C@@](O)(NC2=O)/C(=C/CO)CCO3)O1. The van der Waals surface area contributed by atoms with E-state index in [-0.39, 0.29) is 25.2 Å². The fourth-order valence-corrected chi connectivity index (χ4v) is 3.59. The first-order valence-corrected chi connectivity index (χ1v) is 8.33. The Balaban J connectivity index is 1.98. The molecule has 2 bridgehead atoms. The number of aliphatic hydroxyl groups excluding tert-OH is 2. The van der Waals surface area contributed by atoms with E-state index in [1.807, 2.05) is 0 Å². The summed E-state index contributed by atoms with van der Waals surface area (Å²) in [6, 6.07) is 0. The first-order chi connectivity index (χ1) is 12.0. The number of hydrogen-bond donors (Lipinski definition) is 5. The summed E-state index contributed by atoms with van der Waals surface area (Å²) in [6.07, 6.45) is -0.317. The van der Waals surface area contributed by atoms with Crippen molar-refractivity contribution in [3.05, 3.63) is 11.6 Å². The number of carbonyl (C=O) groups is 2. The largest absolute Gasteiger partial charge is 0.392 e. The number of nitrogens with one attached hydrogen (secondary N) is 2. The van der Waals surface area contributed by atoms with Crippen molar-refractivity contribution in [3.8, 4) is 0 Å². The van der Waals surface area contributed by atoms with Crippen LogP contribution in [0.5, 0.6) is 0 Å². The van der Waals surface area contributed by atoms with E-state index >= 15 is 0 Å². The standard InChI is InChI=1S/C16H24N2O8/c1-13(2)25-8-14(3,26-13)10(20)16-12(22)17-15(23,11(21)18-16)9(4-6-19)5-7-24-16/h4,10,19-20,23H,5-8H2,1-3H3,(H,17,22)(H,18,21)/b9-4+/t10-,14+,15-,16+/m1/s1. The Labute approximate surface area is 150 Å². The zero-order chi connectivity index (χ0) is 19.4. The molecule has 4 aliphatic heterocycles. The van der Waals surface area contributed by atoms with Gasteiger partial charge in [0.25, 0.3) is 17.5 Å². The van der Waals surface area contributed by atoms with Gasteiger partial charge in [-0.25, -0.2) is 0 Å². The maximum Gasteiger partial charge on any atom is 0.280 e. The maximum absolute atomic E-state index is 12.8. The zero-order valence-corrected chi connectivity index (χ0v) is 14.9. The van der Waals surface area contributed by atoms with E-state index in [1.165, 1.54) is 6.08 Å². The number of rotatable bonds is 3. The topological polar surface area (TPSA) is 147 Å². The number of carbonyl (C=O) groups excluding carboxylic acids is 2. The highest BCUT2D eigenvalue weighted by Gasteiger charge is 2.65. The summed E-state index contributed by atoms with van der Waals surface area (Å²) < 4.78 is 16.8. The normalized spacial score (nSPS) is 42.2. The molecule has 5 N–H and O–H groups in total. The van der Waals surface area contributed by atoms with Gasteiger partial charge in [0.05, 0.1) is 19.8 Å². The van der Waals surface area contributed by atoms with E-state index in [9.17, 15) is 19.8 Å². The van der Waals surface area contributed by atoms with E-state index in [2.05, 4.69) is 10.6 Å². The van der Waals surface area contributed by atoms with Crippen LogP contribution < -0.4 is 10.6 Å². The lowest BCUT2D eigenvalue weighted by atomic mass is 9.84. The maximum atomic E-state index is 12.8.